The first-order chi connectivity index (χ1) is 60.1. The molecule has 10 heterocycles. The highest BCUT2D eigenvalue weighted by Gasteiger charge is 2.23. The van der Waals surface area contributed by atoms with Crippen LogP contribution in [0.1, 0.15) is 112 Å². The number of aromatic amines is 7. The van der Waals surface area contributed by atoms with E-state index in [1.165, 1.54) is 11.1 Å². The van der Waals surface area contributed by atoms with Gasteiger partial charge < -0.3 is 132 Å². The second-order valence-corrected chi connectivity index (χ2v) is 30.9. The number of rotatable bonds is 25. The van der Waals surface area contributed by atoms with Gasteiger partial charge in [-0.15, -0.1) is 0 Å². The number of aryl methyl sites for hydroxylation is 6. The third kappa shape index (κ3) is 22.1. The number of H-pyrrole nitrogens is 7. The van der Waals surface area contributed by atoms with Crippen molar-refractivity contribution in [2.45, 2.75) is 108 Å². The monoisotopic (exact) mass is 1700 g/mol. The van der Waals surface area contributed by atoms with E-state index in [2.05, 4.69) is 103 Å². The molecule has 0 fully saturated rings. The number of nitrogens with one attached hydrogen (secondary N) is 7. The molecule has 22 N–H and O–H groups in total. The van der Waals surface area contributed by atoms with Crippen LogP contribution in [0.25, 0.3) is 76.3 Å². The highest BCUT2D eigenvalue weighted by atomic mass is 16.5. The molecule has 30 nitrogen and oxygen atoms in total. The van der Waals surface area contributed by atoms with Crippen molar-refractivity contribution in [3.05, 3.63) is 240 Å². The summed E-state index contributed by atoms with van der Waals surface area (Å²) in [6, 6.07) is 36.5. The van der Waals surface area contributed by atoms with Gasteiger partial charge in [0, 0.05) is 158 Å². The summed E-state index contributed by atoms with van der Waals surface area (Å²) >= 11 is 0. The fraction of sp³-hybridized carbons (Fsp3) is 0.284. The van der Waals surface area contributed by atoms with Crippen LogP contribution >= 0.6 is 0 Å². The van der Waals surface area contributed by atoms with Crippen LogP contribution < -0.4 is 63.8 Å². The molecular formula is C95H118N20O10. The first kappa shape index (κ1) is 91.2. The summed E-state index contributed by atoms with van der Waals surface area (Å²) in [4.78, 5) is 55.4. The molecule has 0 aliphatic rings. The fourth-order valence-electron chi connectivity index (χ4n) is 14.6. The average molecular weight is 1700 g/mol. The Kier molecular flexibility index (Phi) is 30.9. The van der Waals surface area contributed by atoms with E-state index in [-0.39, 0.29) is 11.7 Å². The molecule has 30 heteroatoms. The number of ether oxygens (including phenoxy) is 7. The number of carbonyl (C=O) groups is 2. The van der Waals surface area contributed by atoms with Gasteiger partial charge >= 0.3 is 11.9 Å². The maximum absolute atomic E-state index is 11.9. The molecule has 0 saturated heterocycles. The number of carbonyl (C=O) groups excluding carboxylic acids is 1. The molecule has 0 unspecified atom stereocenters. The van der Waals surface area contributed by atoms with Gasteiger partial charge in [-0.1, -0.05) is 39.8 Å². The van der Waals surface area contributed by atoms with Gasteiger partial charge in [-0.05, 0) is 211 Å². The summed E-state index contributed by atoms with van der Waals surface area (Å²) in [7, 11) is 5.70. The number of carboxylic acid groups (broad SMARTS) is 1. The molecule has 7 aromatic carbocycles. The van der Waals surface area contributed by atoms with Gasteiger partial charge in [0.2, 0.25) is 0 Å². The number of nitrogens with zero attached hydrogens (tertiary/aromatic N) is 6. The largest absolute Gasteiger partial charge is 0.490 e. The molecule has 0 saturated carbocycles. The van der Waals surface area contributed by atoms with Gasteiger partial charge in [0.05, 0.1) is 84.1 Å². The van der Waals surface area contributed by atoms with Crippen molar-refractivity contribution in [3.8, 4) is 28.7 Å². The molecule has 658 valence electrons. The number of benzene rings is 7. The number of carboxylic acids is 1. The number of nitrogen functional groups attached to an aromatic ring is 7. The summed E-state index contributed by atoms with van der Waals surface area (Å²) in [6.07, 6.45) is 20.6. The van der Waals surface area contributed by atoms with Crippen LogP contribution in [0.2, 0.25) is 0 Å². The van der Waals surface area contributed by atoms with Gasteiger partial charge in [0.25, 0.3) is 0 Å². The van der Waals surface area contributed by atoms with Crippen molar-refractivity contribution >= 4 is 128 Å². The minimum atomic E-state index is -0.951. The summed E-state index contributed by atoms with van der Waals surface area (Å²) in [5, 5.41) is 16.0. The Morgan fingerprint density at radius 1 is 0.416 bits per heavy atom. The predicted molar refractivity (Wildman–Crippen MR) is 505 cm³/mol. The molecule has 0 bridgehead atoms. The van der Waals surface area contributed by atoms with Gasteiger partial charge in [-0.2, -0.15) is 0 Å². The minimum Gasteiger partial charge on any atom is -0.490 e. The second kappa shape index (κ2) is 42.3. The molecule has 125 heavy (non-hydrogen) atoms. The normalized spacial score (nSPS) is 11.1. The van der Waals surface area contributed by atoms with Crippen LogP contribution in [0, 0.1) is 41.5 Å². The van der Waals surface area contributed by atoms with E-state index in [9.17, 15) is 9.59 Å². The summed E-state index contributed by atoms with van der Waals surface area (Å²) in [6.45, 7) is 29.3. The first-order valence-electron chi connectivity index (χ1n) is 41.4. The van der Waals surface area contributed by atoms with Crippen LogP contribution in [0.15, 0.2) is 184 Å². The predicted octanol–water partition coefficient (Wildman–Crippen LogP) is 17.6. The lowest BCUT2D eigenvalue weighted by atomic mass is 9.98. The van der Waals surface area contributed by atoms with Crippen LogP contribution in [0.5, 0.6) is 28.7 Å². The third-order valence-electron chi connectivity index (χ3n) is 21.5. The lowest BCUT2D eigenvalue weighted by molar-refractivity contribution is 0.0519. The Hall–Kier alpha value is -14.5. The molecule has 0 aliphatic heterocycles. The number of imidazole rings is 2. The molecular weight excluding hydrogens is 1580 g/mol. The second-order valence-electron chi connectivity index (χ2n) is 30.9. The average Bonchev–Trinajstić information content (AvgIpc) is 1.62. The number of hydrogen-bond donors (Lipinski definition) is 15. The van der Waals surface area contributed by atoms with E-state index in [0.717, 1.165) is 188 Å². The quantitative estimate of drug-likeness (QED) is 0.0144. The number of hydrogen-bond acceptors (Lipinski definition) is 19. The maximum Gasteiger partial charge on any atom is 0.355 e. The smallest absolute Gasteiger partial charge is 0.355 e. The van der Waals surface area contributed by atoms with Crippen molar-refractivity contribution in [3.63, 3.8) is 0 Å². The fourth-order valence-corrected chi connectivity index (χ4v) is 14.6. The van der Waals surface area contributed by atoms with E-state index in [1.54, 1.807) is 46.0 Å². The molecule has 10 aromatic heterocycles. The van der Waals surface area contributed by atoms with Crippen molar-refractivity contribution in [1.82, 2.24) is 63.5 Å². The van der Waals surface area contributed by atoms with Gasteiger partial charge in [-0.3, -0.25) is 0 Å². The molecule has 0 spiro atoms. The maximum atomic E-state index is 11.9. The topological polar surface area (TPSA) is 455 Å². The first-order valence-corrected chi connectivity index (χ1v) is 41.4. The van der Waals surface area contributed by atoms with E-state index >= 15 is 0 Å². The highest BCUT2D eigenvalue weighted by molar-refractivity contribution is 6.06. The van der Waals surface area contributed by atoms with Gasteiger partial charge in [-0.25, -0.2) is 19.6 Å². The molecule has 17 rings (SSSR count). The third-order valence-corrected chi connectivity index (χ3v) is 21.5. The van der Waals surface area contributed by atoms with Crippen LogP contribution in [0.3, 0.4) is 0 Å². The number of aromatic nitrogens is 12. The van der Waals surface area contributed by atoms with Crippen molar-refractivity contribution < 1.29 is 47.9 Å². The van der Waals surface area contributed by atoms with E-state index in [0.29, 0.717) is 80.7 Å². The Morgan fingerprint density at radius 3 is 1.14 bits per heavy atom. The number of esters is 1. The van der Waals surface area contributed by atoms with Gasteiger partial charge in [0.1, 0.15) is 73.2 Å². The molecule has 0 atom stereocenters. The molecule has 0 radical (unpaired) electrons. The number of likely N-dealkylation sites (N-methyl/N-ethyl adjacent to an activating group) is 1. The van der Waals surface area contributed by atoms with Crippen molar-refractivity contribution in [2.24, 2.45) is 0 Å². The Labute approximate surface area is 726 Å². The van der Waals surface area contributed by atoms with Crippen LogP contribution in [-0.4, -0.2) is 155 Å². The molecule has 0 aliphatic carbocycles. The van der Waals surface area contributed by atoms with Crippen LogP contribution in [-0.2, 0) is 29.1 Å². The Bertz CT molecular complexity index is 6270. The highest BCUT2D eigenvalue weighted by Crippen LogP contribution is 2.39. The van der Waals surface area contributed by atoms with E-state index in [1.807, 2.05) is 196 Å². The summed E-state index contributed by atoms with van der Waals surface area (Å²) in [5.74, 6) is 3.58. The SMILES string of the molecule is CCOC(=O)c1[nH]c2c(C(C)C)ccc(N)c2c1C.CN(C)CCOc1ccc(N)c2cc[nH]c12.COCCOc1ccc(N)c2cc[nH]c12.Cc1[nH]c2c(OCCn3cccc3)ccc(N)c2c1C.Cc1[nH]c2c(OCCn3ccnc3)ccc(N)c2c1C.Cc1c(C(=O)O)[nH]c2c(C(C)C)ccc(N)c12.Nc1ccc(OCCn2ccnc2)c2[nH]ccc12. The zero-order valence-electron chi connectivity index (χ0n) is 73.6. The van der Waals surface area contributed by atoms with Crippen LogP contribution in [0.4, 0.5) is 39.8 Å². The summed E-state index contributed by atoms with van der Waals surface area (Å²) < 4.78 is 44.9. The molecule has 0 amide bonds. The van der Waals surface area contributed by atoms with Gasteiger partial charge in [0.15, 0.2) is 0 Å². The number of nitrogens with two attached hydrogens (primary N) is 7. The van der Waals surface area contributed by atoms with E-state index in [4.69, 9.17) is 78.4 Å². The standard InChI is InChI=1S/C16H19N3O.C15H18N4O.C15H20N2O2.C13H14N4O.C13H16N2O2.C12H17N3O.C11H14N2O2/c1-11-12(2)18-16-14(6-5-13(17)15(11)16)20-10-9-19-7-3-4-8-19;1-10-11(2)18-15-13(4-3-12(16)14(10)15)20-8-7-19-6-5-17-9-19;1-5-19-15(18)13-9(4)12-11(16)7-6-10(8(2)3)14(12)17-13;14-11-1-2-12(13-10(11)3-4-16-13)18-8-7-17-6-5-15-9-17;1-6(2)8-4-5-9(14)10-7(3)11(13(16)17)15-12(8)10;1-15(2)7-8-16-11-4-3-10(13)9-5-6-14-12(9)11;1-14-6-7-15-10-3-2-9(12)8-4-5-13-11(8)10/h3-8,18H,9-10,17H2,1-2H3;3-6,9,18H,7-8,16H2,1-2H3;6-8,17H,5,16H2,1-4H3;1-6,9,16H,7-8,14H2;4-6,15H,14H2,1-3H3,(H,16,17);3-6,14H,7-8,13H2,1-2H3;2-5,13H,6-7,12H2,1H3. The lowest BCUT2D eigenvalue weighted by Crippen LogP contribution is -2.19. The van der Waals surface area contributed by atoms with Crippen molar-refractivity contribution in [2.75, 3.05) is 114 Å². The van der Waals surface area contributed by atoms with E-state index < -0.39 is 5.97 Å². The Morgan fingerprint density at radius 2 is 0.768 bits per heavy atom. The zero-order valence-corrected chi connectivity index (χ0v) is 73.6. The Balaban J connectivity index is 0.000000142. The summed E-state index contributed by atoms with van der Waals surface area (Å²) in [5.41, 5.74) is 62.6. The number of aromatic carboxylic acids is 1. The zero-order chi connectivity index (χ0) is 89.7. The lowest BCUT2D eigenvalue weighted by Gasteiger charge is -2.12. The number of anilines is 7. The number of fused-ring (bicyclic) bond motifs is 7. The van der Waals surface area contributed by atoms with Crippen molar-refractivity contribution in [1.29, 1.82) is 0 Å². The molecule has 17 aromatic rings. The number of methoxy groups -OCH3 is 1. The minimum absolute atomic E-state index is 0.222.